The van der Waals surface area contributed by atoms with Gasteiger partial charge in [0, 0.05) is 5.56 Å². The SMILES string of the molecule is NC(=NOS(=O)(=O)[O-])c1ccccc1.[K+]. The predicted octanol–water partition coefficient (Wildman–Crippen LogP) is -3.21. The first kappa shape index (κ1) is 15.0. The number of nitrogens with two attached hydrogens (primary N) is 1. The van der Waals surface area contributed by atoms with Gasteiger partial charge in [-0.15, -0.1) is 0 Å². The summed E-state index contributed by atoms with van der Waals surface area (Å²) in [5.74, 6) is -0.176. The Morgan fingerprint density at radius 2 is 1.87 bits per heavy atom. The van der Waals surface area contributed by atoms with E-state index in [2.05, 4.69) is 9.44 Å². The molecule has 2 N–H and O–H groups in total. The average Bonchev–Trinajstić information content (AvgIpc) is 2.14. The standard InChI is InChI=1S/C7H8N2O4S.K/c8-7(9-13-14(10,11)12)6-4-2-1-3-5-6;/h1-5H,(H2,8,9)(H,10,11,12);/q;+1/p-1. The second kappa shape index (κ2) is 6.58. The molecular weight excluding hydrogens is 247 g/mol. The molecule has 0 atom stereocenters. The molecule has 76 valence electrons. The molecule has 0 amide bonds. The van der Waals surface area contributed by atoms with E-state index < -0.39 is 10.4 Å². The molecule has 0 unspecified atom stereocenters. The predicted molar refractivity (Wildman–Crippen MR) is 47.9 cm³/mol. The molecule has 0 aliphatic carbocycles. The first-order chi connectivity index (χ1) is 6.49. The monoisotopic (exact) mass is 254 g/mol. The molecular formula is C7H7KN2O4S. The van der Waals surface area contributed by atoms with Crippen LogP contribution in [0.4, 0.5) is 0 Å². The van der Waals surface area contributed by atoms with Crippen molar-refractivity contribution in [3.63, 3.8) is 0 Å². The maximum absolute atomic E-state index is 10.0. The molecule has 0 bridgehead atoms. The number of hydrogen-bond acceptors (Lipinski definition) is 5. The fourth-order valence-corrected chi connectivity index (χ4v) is 0.919. The van der Waals surface area contributed by atoms with Crippen molar-refractivity contribution in [2.75, 3.05) is 0 Å². The van der Waals surface area contributed by atoms with E-state index in [1.807, 2.05) is 0 Å². The first-order valence-electron chi connectivity index (χ1n) is 3.52. The number of benzene rings is 1. The number of oxime groups is 1. The zero-order valence-electron chi connectivity index (χ0n) is 7.95. The van der Waals surface area contributed by atoms with Gasteiger partial charge in [0.15, 0.2) is 5.84 Å². The Hall–Kier alpha value is 0.0364. The van der Waals surface area contributed by atoms with Gasteiger partial charge in [-0.05, 0) is 5.16 Å². The van der Waals surface area contributed by atoms with Crippen molar-refractivity contribution in [1.82, 2.24) is 0 Å². The third-order valence-electron chi connectivity index (χ3n) is 1.30. The first-order valence-corrected chi connectivity index (χ1v) is 4.86. The fraction of sp³-hybridized carbons (Fsp3) is 0. The van der Waals surface area contributed by atoms with Crippen molar-refractivity contribution in [3.05, 3.63) is 35.9 Å². The van der Waals surface area contributed by atoms with Gasteiger partial charge in [0.05, 0.1) is 0 Å². The van der Waals surface area contributed by atoms with Crippen LogP contribution in [-0.4, -0.2) is 18.8 Å². The summed E-state index contributed by atoms with van der Waals surface area (Å²) in [6, 6.07) is 8.31. The van der Waals surface area contributed by atoms with Gasteiger partial charge in [0.25, 0.3) is 10.4 Å². The summed E-state index contributed by atoms with van der Waals surface area (Å²) in [6.45, 7) is 0. The summed E-state index contributed by atoms with van der Waals surface area (Å²) < 4.78 is 33.7. The number of rotatable bonds is 3. The number of amidine groups is 1. The molecule has 0 saturated heterocycles. The van der Waals surface area contributed by atoms with Gasteiger partial charge in [-0.1, -0.05) is 30.3 Å². The molecule has 0 aliphatic heterocycles. The minimum absolute atomic E-state index is 0. The van der Waals surface area contributed by atoms with Crippen LogP contribution >= 0.6 is 0 Å². The summed E-state index contributed by atoms with van der Waals surface area (Å²) in [5.41, 5.74) is 5.79. The van der Waals surface area contributed by atoms with E-state index in [0.717, 1.165) is 0 Å². The van der Waals surface area contributed by atoms with Crippen LogP contribution < -0.4 is 57.1 Å². The molecule has 15 heavy (non-hydrogen) atoms. The molecule has 0 aromatic heterocycles. The Balaban J connectivity index is 0.00000196. The minimum Gasteiger partial charge on any atom is -0.714 e. The van der Waals surface area contributed by atoms with Crippen LogP contribution in [0.5, 0.6) is 0 Å². The van der Waals surface area contributed by atoms with Crippen molar-refractivity contribution < 1.29 is 68.6 Å². The smallest absolute Gasteiger partial charge is 0.714 e. The number of hydrogen-bond donors (Lipinski definition) is 1. The molecule has 0 fully saturated rings. The Bertz CT molecular complexity index is 432. The summed E-state index contributed by atoms with van der Waals surface area (Å²) in [6.07, 6.45) is 0. The molecule has 1 aromatic carbocycles. The quantitative estimate of drug-likeness (QED) is 0.153. The third-order valence-corrected chi connectivity index (χ3v) is 1.55. The van der Waals surface area contributed by atoms with Gasteiger partial charge in [0.2, 0.25) is 0 Å². The van der Waals surface area contributed by atoms with E-state index in [9.17, 15) is 13.0 Å². The molecule has 0 spiro atoms. The van der Waals surface area contributed by atoms with E-state index in [1.165, 1.54) is 0 Å². The molecule has 1 rings (SSSR count). The van der Waals surface area contributed by atoms with Crippen LogP contribution in [0.1, 0.15) is 5.56 Å². The van der Waals surface area contributed by atoms with Crippen LogP contribution in [0.2, 0.25) is 0 Å². The van der Waals surface area contributed by atoms with Crippen molar-refractivity contribution in [2.45, 2.75) is 0 Å². The largest absolute Gasteiger partial charge is 1.00 e. The summed E-state index contributed by atoms with van der Waals surface area (Å²) in [5, 5.41) is 2.96. The van der Waals surface area contributed by atoms with Crippen LogP contribution in [0.25, 0.3) is 0 Å². The van der Waals surface area contributed by atoms with E-state index in [-0.39, 0.29) is 57.2 Å². The zero-order valence-corrected chi connectivity index (χ0v) is 11.9. The number of nitrogens with zero attached hydrogens (tertiary/aromatic N) is 1. The molecule has 0 radical (unpaired) electrons. The molecule has 6 nitrogen and oxygen atoms in total. The van der Waals surface area contributed by atoms with E-state index in [1.54, 1.807) is 30.3 Å². The van der Waals surface area contributed by atoms with Crippen molar-refractivity contribution >= 4 is 16.2 Å². The third kappa shape index (κ3) is 6.25. The molecule has 1 aromatic rings. The van der Waals surface area contributed by atoms with Crippen molar-refractivity contribution in [3.8, 4) is 0 Å². The van der Waals surface area contributed by atoms with Crippen LogP contribution in [0.3, 0.4) is 0 Å². The second-order valence-corrected chi connectivity index (χ2v) is 3.29. The Morgan fingerprint density at radius 1 is 1.33 bits per heavy atom. The maximum Gasteiger partial charge on any atom is 1.00 e. The van der Waals surface area contributed by atoms with Gasteiger partial charge >= 0.3 is 51.4 Å². The van der Waals surface area contributed by atoms with E-state index >= 15 is 0 Å². The van der Waals surface area contributed by atoms with Crippen LogP contribution in [0.15, 0.2) is 35.5 Å². The normalized spacial score (nSPS) is 11.7. The van der Waals surface area contributed by atoms with Crippen molar-refractivity contribution in [2.24, 2.45) is 10.9 Å². The molecule has 8 heteroatoms. The summed E-state index contributed by atoms with van der Waals surface area (Å²) in [7, 11) is -4.84. The Labute approximate surface area is 130 Å². The molecule has 0 saturated carbocycles. The molecule has 0 heterocycles. The van der Waals surface area contributed by atoms with Crippen LogP contribution in [-0.2, 0) is 14.7 Å². The zero-order chi connectivity index (χ0) is 10.6. The topological polar surface area (TPSA) is 105 Å². The summed E-state index contributed by atoms with van der Waals surface area (Å²) in [4.78, 5) is 0. The van der Waals surface area contributed by atoms with E-state index in [0.29, 0.717) is 5.56 Å². The van der Waals surface area contributed by atoms with Crippen molar-refractivity contribution in [1.29, 1.82) is 0 Å². The van der Waals surface area contributed by atoms with Crippen LogP contribution in [0, 0.1) is 0 Å². The van der Waals surface area contributed by atoms with Gasteiger partial charge in [-0.2, -0.15) is 8.42 Å². The van der Waals surface area contributed by atoms with Gasteiger partial charge in [0.1, 0.15) is 0 Å². The summed E-state index contributed by atoms with van der Waals surface area (Å²) >= 11 is 0. The Kier molecular flexibility index (Phi) is 6.60. The van der Waals surface area contributed by atoms with Gasteiger partial charge < -0.3 is 10.3 Å². The van der Waals surface area contributed by atoms with Gasteiger partial charge in [-0.25, -0.2) is 0 Å². The van der Waals surface area contributed by atoms with E-state index in [4.69, 9.17) is 5.73 Å². The molecule has 0 aliphatic rings. The minimum atomic E-state index is -4.84. The Morgan fingerprint density at radius 3 is 2.33 bits per heavy atom. The average molecular weight is 254 g/mol. The van der Waals surface area contributed by atoms with Gasteiger partial charge in [-0.3, -0.25) is 4.28 Å². The second-order valence-electron chi connectivity index (χ2n) is 2.33. The fourth-order valence-electron chi connectivity index (χ4n) is 0.747. The maximum atomic E-state index is 10.0.